The van der Waals surface area contributed by atoms with Gasteiger partial charge in [0.25, 0.3) is 0 Å². The first-order valence-corrected chi connectivity index (χ1v) is 6.74. The Morgan fingerprint density at radius 1 is 0.900 bits per heavy atom. The molecule has 1 unspecified atom stereocenters. The molecule has 0 heterocycles. The molecule has 0 amide bonds. The second-order valence-electron chi connectivity index (χ2n) is 4.16. The van der Waals surface area contributed by atoms with Crippen LogP contribution in [0, 0.1) is 23.3 Å². The van der Waals surface area contributed by atoms with Gasteiger partial charge in [0.2, 0.25) is 0 Å². The summed E-state index contributed by atoms with van der Waals surface area (Å²) in [4.78, 5) is 0.226. The normalized spacial score (nSPS) is 12.4. The van der Waals surface area contributed by atoms with Crippen molar-refractivity contribution in [1.29, 1.82) is 0 Å². The molecule has 0 aliphatic carbocycles. The maximum atomic E-state index is 13.5. The van der Waals surface area contributed by atoms with E-state index < -0.39 is 29.3 Å². The van der Waals surface area contributed by atoms with Crippen LogP contribution in [0.2, 0.25) is 0 Å². The van der Waals surface area contributed by atoms with Crippen LogP contribution < -0.4 is 5.73 Å². The molecule has 2 rings (SSSR count). The zero-order chi connectivity index (χ0) is 14.7. The van der Waals surface area contributed by atoms with Crippen LogP contribution in [-0.2, 0) is 0 Å². The Morgan fingerprint density at radius 3 is 2.10 bits per heavy atom. The smallest absolute Gasteiger partial charge is 0.139 e. The Kier molecular flexibility index (Phi) is 4.67. The van der Waals surface area contributed by atoms with Gasteiger partial charge in [-0.15, -0.1) is 11.8 Å². The summed E-state index contributed by atoms with van der Waals surface area (Å²) in [6, 6.07) is 5.60. The first kappa shape index (κ1) is 14.9. The van der Waals surface area contributed by atoms with E-state index >= 15 is 0 Å². The summed E-state index contributed by atoms with van der Waals surface area (Å²) in [7, 11) is 0. The third-order valence-corrected chi connectivity index (χ3v) is 3.84. The van der Waals surface area contributed by atoms with E-state index in [2.05, 4.69) is 0 Å². The summed E-state index contributed by atoms with van der Waals surface area (Å²) < 4.78 is 52.4. The maximum Gasteiger partial charge on any atom is 0.139 e. The highest BCUT2D eigenvalue weighted by Crippen LogP contribution is 2.27. The van der Waals surface area contributed by atoms with Gasteiger partial charge in [-0.25, -0.2) is 17.6 Å². The molecule has 0 aromatic heterocycles. The van der Waals surface area contributed by atoms with Gasteiger partial charge in [-0.05, 0) is 18.2 Å². The molecular formula is C14H11F4NS. The fraction of sp³-hybridized carbons (Fsp3) is 0.143. The average Bonchev–Trinajstić information content (AvgIpc) is 2.37. The van der Waals surface area contributed by atoms with Crippen molar-refractivity contribution in [1.82, 2.24) is 0 Å². The zero-order valence-electron chi connectivity index (χ0n) is 10.2. The molecule has 0 radical (unpaired) electrons. The van der Waals surface area contributed by atoms with Crippen molar-refractivity contribution >= 4 is 11.8 Å². The second-order valence-corrected chi connectivity index (χ2v) is 5.22. The Hall–Kier alpha value is -1.53. The molecule has 0 spiro atoms. The molecule has 0 aliphatic rings. The summed E-state index contributed by atoms with van der Waals surface area (Å²) in [5.41, 5.74) is 5.95. The van der Waals surface area contributed by atoms with Crippen LogP contribution in [0.5, 0.6) is 0 Å². The number of halogens is 4. The highest BCUT2D eigenvalue weighted by Gasteiger charge is 2.14. The summed E-state index contributed by atoms with van der Waals surface area (Å²) in [5, 5.41) is 0. The number of nitrogens with two attached hydrogens (primary N) is 1. The molecule has 0 saturated carbocycles. The summed E-state index contributed by atoms with van der Waals surface area (Å²) in [6.45, 7) is 0. The van der Waals surface area contributed by atoms with Crippen LogP contribution in [0.3, 0.4) is 0 Å². The van der Waals surface area contributed by atoms with Gasteiger partial charge in [0.15, 0.2) is 0 Å². The van der Waals surface area contributed by atoms with E-state index in [1.807, 2.05) is 0 Å². The molecule has 20 heavy (non-hydrogen) atoms. The standard InChI is InChI=1S/C14H11F4NS/c15-8-1-3-10(11(17)5-8)13(19)7-20-14-4-2-9(16)6-12(14)18/h1-6,13H,7,19H2. The lowest BCUT2D eigenvalue weighted by Crippen LogP contribution is -2.15. The number of rotatable bonds is 4. The largest absolute Gasteiger partial charge is 0.323 e. The van der Waals surface area contributed by atoms with Crippen LogP contribution in [0.25, 0.3) is 0 Å². The summed E-state index contributed by atoms with van der Waals surface area (Å²) >= 11 is 1.04. The van der Waals surface area contributed by atoms with E-state index in [0.717, 1.165) is 36.0 Å². The molecule has 2 aromatic rings. The Bertz CT molecular complexity index is 618. The van der Waals surface area contributed by atoms with Gasteiger partial charge in [0.05, 0.1) is 0 Å². The van der Waals surface area contributed by atoms with E-state index in [1.165, 1.54) is 12.1 Å². The van der Waals surface area contributed by atoms with Gasteiger partial charge in [-0.3, -0.25) is 0 Å². The minimum Gasteiger partial charge on any atom is -0.323 e. The third-order valence-electron chi connectivity index (χ3n) is 2.67. The first-order valence-electron chi connectivity index (χ1n) is 5.76. The fourth-order valence-electron chi connectivity index (χ4n) is 1.66. The van der Waals surface area contributed by atoms with Crippen LogP contribution in [0.4, 0.5) is 17.6 Å². The number of hydrogen-bond donors (Lipinski definition) is 1. The Labute approximate surface area is 117 Å². The van der Waals surface area contributed by atoms with Crippen molar-refractivity contribution in [2.45, 2.75) is 10.9 Å². The Morgan fingerprint density at radius 2 is 1.50 bits per heavy atom. The van der Waals surface area contributed by atoms with E-state index in [1.54, 1.807) is 0 Å². The first-order chi connectivity index (χ1) is 9.47. The maximum absolute atomic E-state index is 13.5. The predicted octanol–water partition coefficient (Wildman–Crippen LogP) is 4.04. The summed E-state index contributed by atoms with van der Waals surface area (Å²) in [6.07, 6.45) is 0. The molecule has 0 aliphatic heterocycles. The van der Waals surface area contributed by atoms with E-state index in [9.17, 15) is 17.6 Å². The highest BCUT2D eigenvalue weighted by molar-refractivity contribution is 7.99. The number of thioether (sulfide) groups is 1. The molecule has 2 aromatic carbocycles. The van der Waals surface area contributed by atoms with Gasteiger partial charge in [-0.2, -0.15) is 0 Å². The average molecular weight is 301 g/mol. The molecule has 1 nitrogen and oxygen atoms in total. The zero-order valence-corrected chi connectivity index (χ0v) is 11.1. The van der Waals surface area contributed by atoms with Crippen LogP contribution in [0.15, 0.2) is 41.3 Å². The molecule has 2 N–H and O–H groups in total. The topological polar surface area (TPSA) is 26.0 Å². The van der Waals surface area contributed by atoms with Gasteiger partial charge >= 0.3 is 0 Å². The van der Waals surface area contributed by atoms with Crippen molar-refractivity contribution in [3.05, 3.63) is 65.2 Å². The number of hydrogen-bond acceptors (Lipinski definition) is 2. The van der Waals surface area contributed by atoms with E-state index in [0.29, 0.717) is 0 Å². The Balaban J connectivity index is 2.06. The number of benzene rings is 2. The van der Waals surface area contributed by atoms with Crippen molar-refractivity contribution in [3.63, 3.8) is 0 Å². The van der Waals surface area contributed by atoms with Crippen molar-refractivity contribution in [3.8, 4) is 0 Å². The van der Waals surface area contributed by atoms with Gasteiger partial charge in [0.1, 0.15) is 23.3 Å². The SMILES string of the molecule is NC(CSc1ccc(F)cc1F)c1ccc(F)cc1F. The van der Waals surface area contributed by atoms with Crippen molar-refractivity contribution in [2.75, 3.05) is 5.75 Å². The van der Waals surface area contributed by atoms with Gasteiger partial charge < -0.3 is 5.73 Å². The molecule has 6 heteroatoms. The van der Waals surface area contributed by atoms with E-state index in [4.69, 9.17) is 5.73 Å². The molecular weight excluding hydrogens is 290 g/mol. The highest BCUT2D eigenvalue weighted by atomic mass is 32.2. The minimum atomic E-state index is -0.738. The second kappa shape index (κ2) is 6.28. The molecule has 0 bridgehead atoms. The predicted molar refractivity (Wildman–Crippen MR) is 70.4 cm³/mol. The van der Waals surface area contributed by atoms with Crippen LogP contribution >= 0.6 is 11.8 Å². The fourth-order valence-corrected chi connectivity index (χ4v) is 2.56. The monoisotopic (exact) mass is 301 g/mol. The van der Waals surface area contributed by atoms with Gasteiger partial charge in [0, 0.05) is 34.4 Å². The molecule has 106 valence electrons. The van der Waals surface area contributed by atoms with E-state index in [-0.39, 0.29) is 16.2 Å². The van der Waals surface area contributed by atoms with Crippen molar-refractivity contribution < 1.29 is 17.6 Å². The van der Waals surface area contributed by atoms with Crippen LogP contribution in [0.1, 0.15) is 11.6 Å². The van der Waals surface area contributed by atoms with Crippen molar-refractivity contribution in [2.24, 2.45) is 5.73 Å². The quantitative estimate of drug-likeness (QED) is 0.681. The van der Waals surface area contributed by atoms with Crippen LogP contribution in [-0.4, -0.2) is 5.75 Å². The lowest BCUT2D eigenvalue weighted by molar-refractivity contribution is 0.562. The summed E-state index contributed by atoms with van der Waals surface area (Å²) in [5.74, 6) is -2.60. The lowest BCUT2D eigenvalue weighted by Gasteiger charge is -2.13. The molecule has 1 atom stereocenters. The minimum absolute atomic E-state index is 0.154. The lowest BCUT2D eigenvalue weighted by atomic mass is 10.1. The third kappa shape index (κ3) is 3.52. The molecule has 0 fully saturated rings. The van der Waals surface area contributed by atoms with Gasteiger partial charge in [-0.1, -0.05) is 6.07 Å². The molecule has 0 saturated heterocycles.